The molecule has 2 amide bonds. The average Bonchev–Trinajstić information content (AvgIpc) is 3.28. The number of rotatable bonds is 4. The Bertz CT molecular complexity index is 583. The zero-order valence-electron chi connectivity index (χ0n) is 16.5. The van der Waals surface area contributed by atoms with Gasteiger partial charge in [0.05, 0.1) is 5.41 Å². The summed E-state index contributed by atoms with van der Waals surface area (Å²) >= 11 is 0. The van der Waals surface area contributed by atoms with Crippen LogP contribution < -0.4 is 11.1 Å². The quantitative estimate of drug-likeness (QED) is 0.795. The fourth-order valence-corrected chi connectivity index (χ4v) is 7.75. The number of nitrogens with one attached hydrogen (secondary N) is 1. The second-order valence-corrected chi connectivity index (χ2v) is 10.4. The normalized spacial score (nSPS) is 45.4. The Hall–Kier alpha value is -1.10. The first-order valence-corrected chi connectivity index (χ1v) is 11.4. The van der Waals surface area contributed by atoms with Crippen molar-refractivity contribution in [1.29, 1.82) is 0 Å². The average molecular weight is 374 g/mol. The van der Waals surface area contributed by atoms with E-state index in [9.17, 15) is 9.59 Å². The molecule has 1 saturated heterocycles. The van der Waals surface area contributed by atoms with Crippen molar-refractivity contribution in [2.45, 2.75) is 82.7 Å². The number of carbonyl (C=O) groups is 2. The Morgan fingerprint density at radius 3 is 2.26 bits per heavy atom. The van der Waals surface area contributed by atoms with Crippen LogP contribution in [0.15, 0.2) is 0 Å². The van der Waals surface area contributed by atoms with Crippen LogP contribution in [0, 0.1) is 29.1 Å². The van der Waals surface area contributed by atoms with Gasteiger partial charge in [0.1, 0.15) is 6.04 Å². The predicted molar refractivity (Wildman–Crippen MR) is 104 cm³/mol. The van der Waals surface area contributed by atoms with Crippen molar-refractivity contribution in [2.24, 2.45) is 34.8 Å². The molecule has 5 nitrogen and oxygen atoms in total. The molecule has 150 valence electrons. The maximum absolute atomic E-state index is 13.7. The summed E-state index contributed by atoms with van der Waals surface area (Å²) in [4.78, 5) is 28.7. The molecule has 0 aromatic heterocycles. The van der Waals surface area contributed by atoms with Crippen LogP contribution in [0.5, 0.6) is 0 Å². The Morgan fingerprint density at radius 1 is 0.963 bits per heavy atom. The minimum absolute atomic E-state index is 0.0796. The van der Waals surface area contributed by atoms with Crippen LogP contribution in [0.4, 0.5) is 0 Å². The molecule has 6 aliphatic rings. The molecule has 5 heteroatoms. The van der Waals surface area contributed by atoms with Crippen LogP contribution in [0.2, 0.25) is 0 Å². The molecule has 4 bridgehead atoms. The Labute approximate surface area is 162 Å². The molecule has 5 saturated carbocycles. The minimum Gasteiger partial charge on any atom is -0.351 e. The largest absolute Gasteiger partial charge is 0.351 e. The van der Waals surface area contributed by atoms with Crippen LogP contribution in [0.1, 0.15) is 70.6 Å². The SMILES string of the molecule is NCC1CCCC1NC(=O)C1CCCN1C(=O)C12CC3CC(CC(C3)C1)C2. The molecular formula is C22H35N3O2. The number of nitrogens with zero attached hydrogens (tertiary/aromatic N) is 1. The van der Waals surface area contributed by atoms with Crippen molar-refractivity contribution in [2.75, 3.05) is 13.1 Å². The zero-order chi connectivity index (χ0) is 18.6. The summed E-state index contributed by atoms with van der Waals surface area (Å²) < 4.78 is 0. The van der Waals surface area contributed by atoms with Crippen LogP contribution in [-0.4, -0.2) is 41.9 Å². The highest BCUT2D eigenvalue weighted by molar-refractivity contribution is 5.91. The fraction of sp³-hybridized carbons (Fsp3) is 0.909. The highest BCUT2D eigenvalue weighted by atomic mass is 16.2. The van der Waals surface area contributed by atoms with Gasteiger partial charge in [-0.3, -0.25) is 9.59 Å². The number of hydrogen-bond donors (Lipinski definition) is 2. The molecule has 6 fully saturated rings. The lowest BCUT2D eigenvalue weighted by Crippen LogP contribution is -2.58. The van der Waals surface area contributed by atoms with Crippen LogP contribution >= 0.6 is 0 Å². The summed E-state index contributed by atoms with van der Waals surface area (Å²) in [5, 5.41) is 3.27. The van der Waals surface area contributed by atoms with Gasteiger partial charge >= 0.3 is 0 Å². The van der Waals surface area contributed by atoms with Crippen molar-refractivity contribution < 1.29 is 9.59 Å². The lowest BCUT2D eigenvalue weighted by atomic mass is 9.49. The van der Waals surface area contributed by atoms with Gasteiger partial charge in [0, 0.05) is 12.6 Å². The summed E-state index contributed by atoms with van der Waals surface area (Å²) in [6.45, 7) is 1.41. The summed E-state index contributed by atoms with van der Waals surface area (Å²) in [6, 6.07) is -0.0378. The van der Waals surface area contributed by atoms with Crippen LogP contribution in [0.25, 0.3) is 0 Å². The monoisotopic (exact) mass is 373 g/mol. The zero-order valence-corrected chi connectivity index (χ0v) is 16.5. The Morgan fingerprint density at radius 2 is 1.63 bits per heavy atom. The molecular weight excluding hydrogens is 338 g/mol. The first-order chi connectivity index (χ1) is 13.1. The van der Waals surface area contributed by atoms with E-state index in [0.29, 0.717) is 18.4 Å². The van der Waals surface area contributed by atoms with Crippen LogP contribution in [0.3, 0.4) is 0 Å². The number of amides is 2. The third-order valence-corrected chi connectivity index (χ3v) is 8.60. The standard InChI is InChI=1S/C22H35N3O2/c23-13-17-3-1-4-18(17)24-20(26)19-5-2-6-25(19)21(27)22-10-14-7-15(11-22)9-16(8-14)12-22/h14-19H,1-13,23H2,(H,24,26). The second-order valence-electron chi connectivity index (χ2n) is 10.4. The van der Waals surface area contributed by atoms with E-state index < -0.39 is 0 Å². The molecule has 3 N–H and O–H groups in total. The van der Waals surface area contributed by atoms with Crippen molar-refractivity contribution >= 4 is 11.8 Å². The van der Waals surface area contributed by atoms with Gasteiger partial charge in [-0.2, -0.15) is 0 Å². The third-order valence-electron chi connectivity index (χ3n) is 8.60. The van der Waals surface area contributed by atoms with Gasteiger partial charge in [-0.1, -0.05) is 6.42 Å². The summed E-state index contributed by atoms with van der Waals surface area (Å²) in [7, 11) is 0. The van der Waals surface area contributed by atoms with Crippen molar-refractivity contribution in [3.05, 3.63) is 0 Å². The van der Waals surface area contributed by atoms with E-state index in [1.165, 1.54) is 19.3 Å². The van der Waals surface area contributed by atoms with Gasteiger partial charge in [0.15, 0.2) is 0 Å². The molecule has 6 rings (SSSR count). The van der Waals surface area contributed by atoms with E-state index in [4.69, 9.17) is 5.73 Å². The number of carbonyl (C=O) groups excluding carboxylic acids is 2. The predicted octanol–water partition coefficient (Wildman–Crippen LogP) is 2.44. The number of hydrogen-bond acceptors (Lipinski definition) is 3. The van der Waals surface area contributed by atoms with Gasteiger partial charge in [-0.15, -0.1) is 0 Å². The molecule has 3 unspecified atom stereocenters. The molecule has 1 heterocycles. The number of nitrogens with two attached hydrogens (primary N) is 1. The lowest BCUT2D eigenvalue weighted by molar-refractivity contribution is -0.160. The molecule has 0 aromatic rings. The molecule has 27 heavy (non-hydrogen) atoms. The van der Waals surface area contributed by atoms with Crippen molar-refractivity contribution in [3.8, 4) is 0 Å². The van der Waals surface area contributed by atoms with Gasteiger partial charge in [-0.05, 0) is 94.4 Å². The summed E-state index contributed by atoms with van der Waals surface area (Å²) in [6.07, 6.45) is 12.4. The molecule has 0 spiro atoms. The first-order valence-electron chi connectivity index (χ1n) is 11.4. The minimum atomic E-state index is -0.246. The fourth-order valence-electron chi connectivity index (χ4n) is 7.75. The second kappa shape index (κ2) is 6.75. The molecule has 3 atom stereocenters. The smallest absolute Gasteiger partial charge is 0.243 e. The van der Waals surface area contributed by atoms with E-state index in [1.807, 2.05) is 4.90 Å². The van der Waals surface area contributed by atoms with Crippen molar-refractivity contribution in [1.82, 2.24) is 10.2 Å². The van der Waals surface area contributed by atoms with Gasteiger partial charge in [0.25, 0.3) is 0 Å². The summed E-state index contributed by atoms with van der Waals surface area (Å²) in [5.41, 5.74) is 5.75. The van der Waals surface area contributed by atoms with Crippen molar-refractivity contribution in [3.63, 3.8) is 0 Å². The molecule has 5 aliphatic carbocycles. The molecule has 0 radical (unpaired) electrons. The van der Waals surface area contributed by atoms with Crippen LogP contribution in [-0.2, 0) is 9.59 Å². The van der Waals surface area contributed by atoms with E-state index in [2.05, 4.69) is 5.32 Å². The highest BCUT2D eigenvalue weighted by Gasteiger charge is 2.56. The number of likely N-dealkylation sites (tertiary alicyclic amines) is 1. The maximum atomic E-state index is 13.7. The summed E-state index contributed by atoms with van der Waals surface area (Å²) in [5.74, 6) is 3.09. The molecule has 1 aliphatic heterocycles. The maximum Gasteiger partial charge on any atom is 0.243 e. The Balaban J connectivity index is 1.29. The Kier molecular flexibility index (Phi) is 4.49. The topological polar surface area (TPSA) is 75.4 Å². The first kappa shape index (κ1) is 18.0. The van der Waals surface area contributed by atoms with E-state index in [1.54, 1.807) is 0 Å². The third kappa shape index (κ3) is 3.01. The van der Waals surface area contributed by atoms with Gasteiger partial charge in [0.2, 0.25) is 11.8 Å². The van der Waals surface area contributed by atoms with E-state index in [0.717, 1.165) is 75.7 Å². The van der Waals surface area contributed by atoms with E-state index in [-0.39, 0.29) is 23.4 Å². The van der Waals surface area contributed by atoms with E-state index >= 15 is 0 Å². The lowest BCUT2D eigenvalue weighted by Gasteiger charge is -2.56. The molecule has 0 aromatic carbocycles. The van der Waals surface area contributed by atoms with Gasteiger partial charge < -0.3 is 16.0 Å². The van der Waals surface area contributed by atoms with Gasteiger partial charge in [-0.25, -0.2) is 0 Å². The highest BCUT2D eigenvalue weighted by Crippen LogP contribution is 2.60.